The van der Waals surface area contributed by atoms with Crippen LogP contribution in [-0.4, -0.2) is 39.5 Å². The molecule has 1 saturated carbocycles. The molecule has 118 valence electrons. The second-order valence-corrected chi connectivity index (χ2v) is 8.45. The summed E-state index contributed by atoms with van der Waals surface area (Å²) < 4.78 is 27.9. The van der Waals surface area contributed by atoms with Crippen LogP contribution in [0, 0.1) is 0 Å². The highest BCUT2D eigenvalue weighted by molar-refractivity contribution is 9.10. The Morgan fingerprint density at radius 1 is 1.38 bits per heavy atom. The quantitative estimate of drug-likeness (QED) is 0.804. The first-order valence-electron chi connectivity index (χ1n) is 7.05. The van der Waals surface area contributed by atoms with Crippen LogP contribution in [0.1, 0.15) is 25.7 Å². The molecule has 1 aliphatic carbocycles. The summed E-state index contributed by atoms with van der Waals surface area (Å²) in [6, 6.07) is 5.35. The molecule has 0 bridgehead atoms. The van der Waals surface area contributed by atoms with Gasteiger partial charge in [-0.05, 0) is 38.1 Å². The Hall–Kier alpha value is -0.140. The van der Waals surface area contributed by atoms with Crippen molar-refractivity contribution in [2.75, 3.05) is 20.1 Å². The van der Waals surface area contributed by atoms with E-state index in [1.807, 2.05) is 0 Å². The lowest BCUT2D eigenvalue weighted by atomic mass is 10.2. The second-order valence-electron chi connectivity index (χ2n) is 5.39. The van der Waals surface area contributed by atoms with Crippen LogP contribution in [0.5, 0.6) is 0 Å². The first-order chi connectivity index (χ1) is 9.90. The highest BCUT2D eigenvalue weighted by atomic mass is 79.9. The molecule has 2 rings (SSSR count). The lowest BCUT2D eigenvalue weighted by molar-refractivity contribution is 0.250. The van der Waals surface area contributed by atoms with Crippen LogP contribution >= 0.6 is 27.5 Å². The van der Waals surface area contributed by atoms with Gasteiger partial charge in [-0.3, -0.25) is 0 Å². The molecule has 4 nitrogen and oxygen atoms in total. The fourth-order valence-electron chi connectivity index (χ4n) is 2.65. The van der Waals surface area contributed by atoms with E-state index in [4.69, 9.17) is 11.6 Å². The Kier molecular flexibility index (Phi) is 6.08. The number of halogens is 2. The number of rotatable bonds is 6. The number of benzene rings is 1. The number of hydrogen-bond donors (Lipinski definition) is 1. The molecule has 0 heterocycles. The van der Waals surface area contributed by atoms with Crippen LogP contribution in [-0.2, 0) is 10.0 Å². The molecule has 7 heteroatoms. The lowest BCUT2D eigenvalue weighted by Crippen LogP contribution is -2.37. The maximum atomic E-state index is 12.2. The van der Waals surface area contributed by atoms with E-state index in [9.17, 15) is 8.42 Å². The number of hydrogen-bond acceptors (Lipinski definition) is 3. The van der Waals surface area contributed by atoms with E-state index in [0.717, 1.165) is 4.47 Å². The van der Waals surface area contributed by atoms with Gasteiger partial charge < -0.3 is 4.90 Å². The van der Waals surface area contributed by atoms with E-state index in [-0.39, 0.29) is 9.92 Å². The highest BCUT2D eigenvalue weighted by Gasteiger charge is 2.21. The fraction of sp³-hybridized carbons (Fsp3) is 0.571. The molecule has 0 unspecified atom stereocenters. The summed E-state index contributed by atoms with van der Waals surface area (Å²) in [4.78, 5) is 2.36. The maximum Gasteiger partial charge on any atom is 0.242 e. The van der Waals surface area contributed by atoms with Crippen molar-refractivity contribution in [1.29, 1.82) is 0 Å². The predicted octanol–water partition coefficient (Wildman–Crippen LogP) is 3.26. The van der Waals surface area contributed by atoms with Crippen molar-refractivity contribution < 1.29 is 8.42 Å². The molecule has 0 spiro atoms. The van der Waals surface area contributed by atoms with Gasteiger partial charge in [0.15, 0.2) is 0 Å². The van der Waals surface area contributed by atoms with Crippen LogP contribution in [0.4, 0.5) is 0 Å². The van der Waals surface area contributed by atoms with Crippen LogP contribution < -0.4 is 4.72 Å². The molecule has 0 aromatic heterocycles. The maximum absolute atomic E-state index is 12.2. The van der Waals surface area contributed by atoms with Crippen LogP contribution in [0.15, 0.2) is 27.6 Å². The van der Waals surface area contributed by atoms with Gasteiger partial charge in [-0.2, -0.15) is 0 Å². The minimum absolute atomic E-state index is 0.121. The summed E-state index contributed by atoms with van der Waals surface area (Å²) in [6.45, 7) is 1.10. The molecule has 1 aromatic carbocycles. The number of nitrogens with zero attached hydrogens (tertiary/aromatic N) is 1. The Morgan fingerprint density at radius 2 is 2.05 bits per heavy atom. The number of nitrogens with one attached hydrogen (secondary N) is 1. The third-order valence-corrected chi connectivity index (χ3v) is 6.33. The molecular weight excluding hydrogens is 376 g/mol. The minimum atomic E-state index is -3.56. The first kappa shape index (κ1) is 17.2. The van der Waals surface area contributed by atoms with E-state index in [1.54, 1.807) is 12.1 Å². The topological polar surface area (TPSA) is 49.4 Å². The zero-order valence-corrected chi connectivity index (χ0v) is 15.1. The summed E-state index contributed by atoms with van der Waals surface area (Å²) in [6.07, 6.45) is 4.97. The molecule has 1 aromatic rings. The van der Waals surface area contributed by atoms with Crippen molar-refractivity contribution in [3.8, 4) is 0 Å². The fourth-order valence-corrected chi connectivity index (χ4v) is 4.71. The van der Waals surface area contributed by atoms with Crippen molar-refractivity contribution in [1.82, 2.24) is 9.62 Å². The van der Waals surface area contributed by atoms with Crippen molar-refractivity contribution in [3.63, 3.8) is 0 Å². The third kappa shape index (κ3) is 4.66. The summed E-state index contributed by atoms with van der Waals surface area (Å²) in [5.74, 6) is 0. The largest absolute Gasteiger partial charge is 0.302 e. The van der Waals surface area contributed by atoms with Gasteiger partial charge in [0.05, 0.1) is 5.02 Å². The van der Waals surface area contributed by atoms with Gasteiger partial charge in [0, 0.05) is 23.6 Å². The summed E-state index contributed by atoms with van der Waals surface area (Å²) in [7, 11) is -1.50. The third-order valence-electron chi connectivity index (χ3n) is 3.89. The average molecular weight is 396 g/mol. The van der Waals surface area contributed by atoms with Gasteiger partial charge in [-0.1, -0.05) is 40.4 Å². The normalized spacial score (nSPS) is 16.8. The molecule has 21 heavy (non-hydrogen) atoms. The average Bonchev–Trinajstić information content (AvgIpc) is 2.91. The van der Waals surface area contributed by atoms with Gasteiger partial charge in [0.2, 0.25) is 10.0 Å². The lowest BCUT2D eigenvalue weighted by Gasteiger charge is -2.23. The molecule has 1 N–H and O–H groups in total. The van der Waals surface area contributed by atoms with Gasteiger partial charge in [-0.15, -0.1) is 0 Å². The van der Waals surface area contributed by atoms with E-state index in [0.29, 0.717) is 19.1 Å². The van der Waals surface area contributed by atoms with Crippen molar-refractivity contribution >= 4 is 37.6 Å². The first-order valence-corrected chi connectivity index (χ1v) is 9.70. The molecule has 0 atom stereocenters. The zero-order valence-electron chi connectivity index (χ0n) is 12.0. The van der Waals surface area contributed by atoms with Gasteiger partial charge in [0.1, 0.15) is 4.90 Å². The Labute approximate surface area is 140 Å². The SMILES string of the molecule is CN(CCNS(=O)(=O)c1ccc(Br)cc1Cl)C1CCCC1. The molecule has 1 fully saturated rings. The van der Waals surface area contributed by atoms with Crippen molar-refractivity contribution in [3.05, 3.63) is 27.7 Å². The molecule has 0 saturated heterocycles. The van der Waals surface area contributed by atoms with Crippen LogP contribution in [0.25, 0.3) is 0 Å². The van der Waals surface area contributed by atoms with Crippen molar-refractivity contribution in [2.24, 2.45) is 0 Å². The molecular formula is C14H20BrClN2O2S. The zero-order chi connectivity index (χ0) is 15.5. The number of likely N-dealkylation sites (N-methyl/N-ethyl adjacent to an activating group) is 1. The van der Waals surface area contributed by atoms with E-state index in [2.05, 4.69) is 32.6 Å². The van der Waals surface area contributed by atoms with Crippen LogP contribution in [0.3, 0.4) is 0 Å². The predicted molar refractivity (Wildman–Crippen MR) is 89.2 cm³/mol. The minimum Gasteiger partial charge on any atom is -0.302 e. The molecule has 0 aliphatic heterocycles. The van der Waals surface area contributed by atoms with Gasteiger partial charge >= 0.3 is 0 Å². The van der Waals surface area contributed by atoms with Gasteiger partial charge in [0.25, 0.3) is 0 Å². The van der Waals surface area contributed by atoms with Crippen LogP contribution in [0.2, 0.25) is 5.02 Å². The standard InChI is InChI=1S/C14H20BrClN2O2S/c1-18(12-4-2-3-5-12)9-8-17-21(19,20)14-7-6-11(15)10-13(14)16/h6-7,10,12,17H,2-5,8-9H2,1H3. The summed E-state index contributed by atoms with van der Waals surface area (Å²) in [5.41, 5.74) is 0. The molecule has 0 amide bonds. The molecule has 0 radical (unpaired) electrons. The van der Waals surface area contributed by atoms with Gasteiger partial charge in [-0.25, -0.2) is 13.1 Å². The monoisotopic (exact) mass is 394 g/mol. The Balaban J connectivity index is 1.92. The summed E-state index contributed by atoms with van der Waals surface area (Å²) in [5, 5.41) is 0.223. The highest BCUT2D eigenvalue weighted by Crippen LogP contribution is 2.25. The van der Waals surface area contributed by atoms with E-state index < -0.39 is 10.0 Å². The Morgan fingerprint density at radius 3 is 2.67 bits per heavy atom. The summed E-state index contributed by atoms with van der Waals surface area (Å²) >= 11 is 9.27. The second kappa shape index (κ2) is 7.42. The smallest absolute Gasteiger partial charge is 0.242 e. The Bertz CT molecular complexity index is 589. The number of sulfonamides is 1. The van der Waals surface area contributed by atoms with E-state index >= 15 is 0 Å². The molecule has 1 aliphatic rings. The van der Waals surface area contributed by atoms with Crippen molar-refractivity contribution in [2.45, 2.75) is 36.6 Å². The van der Waals surface area contributed by atoms with E-state index in [1.165, 1.54) is 31.7 Å².